The van der Waals surface area contributed by atoms with Crippen LogP contribution in [0.15, 0.2) is 59.8 Å². The zero-order valence-electron chi connectivity index (χ0n) is 17.0. The maximum Gasteiger partial charge on any atom is 0.226 e. The zero-order chi connectivity index (χ0) is 20.8. The van der Waals surface area contributed by atoms with Crippen molar-refractivity contribution in [1.82, 2.24) is 14.8 Å². The van der Waals surface area contributed by atoms with Crippen LogP contribution in [0.4, 0.5) is 11.6 Å². The highest BCUT2D eigenvalue weighted by Crippen LogP contribution is 2.41. The summed E-state index contributed by atoms with van der Waals surface area (Å²) >= 11 is 0. The Bertz CT molecular complexity index is 1160. The molecule has 7 heteroatoms. The summed E-state index contributed by atoms with van der Waals surface area (Å²) in [6.07, 6.45) is 2.15. The van der Waals surface area contributed by atoms with Crippen molar-refractivity contribution in [1.29, 1.82) is 0 Å². The highest BCUT2D eigenvalue weighted by Gasteiger charge is 2.37. The van der Waals surface area contributed by atoms with Crippen molar-refractivity contribution in [3.63, 3.8) is 0 Å². The second-order valence-electron chi connectivity index (χ2n) is 7.94. The van der Waals surface area contributed by atoms with Gasteiger partial charge in [0.1, 0.15) is 11.8 Å². The molecule has 2 aliphatic rings. The SMILES string of the molecule is CN(C)c1ccc(-c2nc3n(n2)C(c2cccc(O)c2)C2=C(CCCC2=O)N3)cc1. The smallest absolute Gasteiger partial charge is 0.226 e. The Hall–Kier alpha value is -3.61. The van der Waals surface area contributed by atoms with Gasteiger partial charge in [-0.05, 0) is 54.8 Å². The van der Waals surface area contributed by atoms with Gasteiger partial charge in [-0.1, -0.05) is 12.1 Å². The summed E-state index contributed by atoms with van der Waals surface area (Å²) in [4.78, 5) is 19.6. The standard InChI is InChI=1S/C23H23N5O2/c1-27(2)16-11-9-14(10-12-16)22-25-23-24-18-7-4-8-19(30)20(18)21(28(23)26-22)15-5-3-6-17(29)13-15/h3,5-6,9-13,21,29H,4,7-8H2,1-2H3,(H,24,25,26). The molecule has 7 nitrogen and oxygen atoms in total. The van der Waals surface area contributed by atoms with Gasteiger partial charge in [0.2, 0.25) is 5.95 Å². The van der Waals surface area contributed by atoms with E-state index in [9.17, 15) is 9.90 Å². The first-order valence-electron chi connectivity index (χ1n) is 10.1. The van der Waals surface area contributed by atoms with E-state index in [1.807, 2.05) is 49.3 Å². The first kappa shape index (κ1) is 18.4. The van der Waals surface area contributed by atoms with E-state index in [1.54, 1.807) is 22.9 Å². The number of aromatic nitrogens is 3. The van der Waals surface area contributed by atoms with Crippen LogP contribution in [0.5, 0.6) is 5.75 Å². The van der Waals surface area contributed by atoms with E-state index in [2.05, 4.69) is 5.32 Å². The lowest BCUT2D eigenvalue weighted by Crippen LogP contribution is -2.31. The van der Waals surface area contributed by atoms with E-state index in [1.165, 1.54) is 0 Å². The molecule has 1 atom stereocenters. The largest absolute Gasteiger partial charge is 0.508 e. The van der Waals surface area contributed by atoms with Gasteiger partial charge in [0, 0.05) is 43.0 Å². The molecule has 0 amide bonds. The van der Waals surface area contributed by atoms with E-state index in [-0.39, 0.29) is 11.5 Å². The molecule has 1 aliphatic heterocycles. The first-order valence-corrected chi connectivity index (χ1v) is 10.1. The summed E-state index contributed by atoms with van der Waals surface area (Å²) in [5.41, 5.74) is 4.46. The van der Waals surface area contributed by atoms with Gasteiger partial charge < -0.3 is 15.3 Å². The molecule has 3 aromatic rings. The number of phenolic OH excluding ortho intramolecular Hbond substituents is 1. The second kappa shape index (κ2) is 7.02. The van der Waals surface area contributed by atoms with Gasteiger partial charge in [-0.15, -0.1) is 5.10 Å². The lowest BCUT2D eigenvalue weighted by Gasteiger charge is -2.32. The van der Waals surface area contributed by atoms with Crippen LogP contribution in [0.25, 0.3) is 11.4 Å². The van der Waals surface area contributed by atoms with Crippen molar-refractivity contribution < 1.29 is 9.90 Å². The summed E-state index contributed by atoms with van der Waals surface area (Å²) in [5.74, 6) is 1.50. The number of allylic oxidation sites excluding steroid dienone is 2. The minimum Gasteiger partial charge on any atom is -0.508 e. The molecule has 0 radical (unpaired) electrons. The van der Waals surface area contributed by atoms with Gasteiger partial charge >= 0.3 is 0 Å². The molecule has 2 heterocycles. The Labute approximate surface area is 174 Å². The molecule has 0 saturated heterocycles. The van der Waals surface area contributed by atoms with Crippen LogP contribution in [0.3, 0.4) is 0 Å². The number of carbonyl (C=O) groups excluding carboxylic acids is 1. The van der Waals surface area contributed by atoms with Gasteiger partial charge in [-0.2, -0.15) is 4.98 Å². The first-order chi connectivity index (χ1) is 14.5. The lowest BCUT2D eigenvalue weighted by atomic mass is 9.85. The van der Waals surface area contributed by atoms with Crippen LogP contribution in [0, 0.1) is 0 Å². The van der Waals surface area contributed by atoms with Crippen molar-refractivity contribution >= 4 is 17.4 Å². The van der Waals surface area contributed by atoms with E-state index < -0.39 is 6.04 Å². The number of nitrogens with one attached hydrogen (secondary N) is 1. The third-order valence-corrected chi connectivity index (χ3v) is 5.70. The van der Waals surface area contributed by atoms with Gasteiger partial charge in [-0.3, -0.25) is 4.79 Å². The number of phenols is 1. The number of hydrogen-bond acceptors (Lipinski definition) is 6. The third-order valence-electron chi connectivity index (χ3n) is 5.70. The molecule has 2 N–H and O–H groups in total. The molecule has 1 aliphatic carbocycles. The van der Waals surface area contributed by atoms with Gasteiger partial charge in [0.05, 0.1) is 0 Å². The van der Waals surface area contributed by atoms with Crippen LogP contribution in [-0.2, 0) is 4.79 Å². The number of anilines is 2. The van der Waals surface area contributed by atoms with Crippen LogP contribution < -0.4 is 10.2 Å². The van der Waals surface area contributed by atoms with Crippen LogP contribution in [0.2, 0.25) is 0 Å². The van der Waals surface area contributed by atoms with Crippen molar-refractivity contribution in [2.75, 3.05) is 24.3 Å². The summed E-state index contributed by atoms with van der Waals surface area (Å²) in [6, 6.07) is 14.7. The molecule has 30 heavy (non-hydrogen) atoms. The molecular weight excluding hydrogens is 378 g/mol. The second-order valence-corrected chi connectivity index (χ2v) is 7.94. The number of Topliss-reactive ketones (excluding diaryl/α,β-unsaturated/α-hetero) is 1. The molecule has 0 bridgehead atoms. The molecule has 1 unspecified atom stereocenters. The van der Waals surface area contributed by atoms with Gasteiger partial charge in [0.25, 0.3) is 0 Å². The maximum absolute atomic E-state index is 12.9. The number of carbonyl (C=O) groups is 1. The van der Waals surface area contributed by atoms with Crippen LogP contribution >= 0.6 is 0 Å². The number of hydrogen-bond donors (Lipinski definition) is 2. The van der Waals surface area contributed by atoms with Crippen molar-refractivity contribution in [2.24, 2.45) is 0 Å². The Kier molecular flexibility index (Phi) is 4.31. The third kappa shape index (κ3) is 3.03. The summed E-state index contributed by atoms with van der Waals surface area (Å²) < 4.78 is 1.77. The topological polar surface area (TPSA) is 83.3 Å². The van der Waals surface area contributed by atoms with E-state index in [0.717, 1.165) is 40.9 Å². The molecule has 152 valence electrons. The fraction of sp³-hybridized carbons (Fsp3) is 0.261. The zero-order valence-corrected chi connectivity index (χ0v) is 17.0. The summed E-state index contributed by atoms with van der Waals surface area (Å²) in [6.45, 7) is 0. The summed E-state index contributed by atoms with van der Waals surface area (Å²) in [5, 5.41) is 18.2. The Morgan fingerprint density at radius 1 is 1.13 bits per heavy atom. The predicted octanol–water partition coefficient (Wildman–Crippen LogP) is 3.74. The number of ketones is 1. The highest BCUT2D eigenvalue weighted by atomic mass is 16.3. The fourth-order valence-electron chi connectivity index (χ4n) is 4.19. The number of rotatable bonds is 3. The molecule has 0 fully saturated rings. The maximum atomic E-state index is 12.9. The number of nitrogens with zero attached hydrogens (tertiary/aromatic N) is 4. The predicted molar refractivity (Wildman–Crippen MR) is 116 cm³/mol. The Morgan fingerprint density at radius 3 is 2.67 bits per heavy atom. The molecule has 0 spiro atoms. The molecule has 1 aromatic heterocycles. The van der Waals surface area contributed by atoms with Crippen LogP contribution in [-0.4, -0.2) is 39.7 Å². The molecule has 5 rings (SSSR count). The van der Waals surface area contributed by atoms with Gasteiger partial charge in [-0.25, -0.2) is 4.68 Å². The Morgan fingerprint density at radius 2 is 1.93 bits per heavy atom. The van der Waals surface area contributed by atoms with E-state index in [0.29, 0.717) is 18.2 Å². The minimum absolute atomic E-state index is 0.120. The molecule has 0 saturated carbocycles. The molecule has 2 aromatic carbocycles. The van der Waals surface area contributed by atoms with E-state index in [4.69, 9.17) is 10.1 Å². The summed E-state index contributed by atoms with van der Waals surface area (Å²) in [7, 11) is 4.00. The minimum atomic E-state index is -0.404. The number of fused-ring (bicyclic) bond motifs is 1. The highest BCUT2D eigenvalue weighted by molar-refractivity contribution is 5.99. The fourth-order valence-corrected chi connectivity index (χ4v) is 4.19. The van der Waals surface area contributed by atoms with E-state index >= 15 is 0 Å². The number of aromatic hydroxyl groups is 1. The average Bonchev–Trinajstić information content (AvgIpc) is 3.16. The van der Waals surface area contributed by atoms with Crippen molar-refractivity contribution in [2.45, 2.75) is 25.3 Å². The molecular formula is C23H23N5O2. The normalized spacial score (nSPS) is 17.9. The monoisotopic (exact) mass is 401 g/mol. The number of benzene rings is 2. The lowest BCUT2D eigenvalue weighted by molar-refractivity contribution is -0.116. The Balaban J connectivity index is 1.63. The van der Waals surface area contributed by atoms with Crippen molar-refractivity contribution in [3.05, 3.63) is 65.4 Å². The quantitative estimate of drug-likeness (QED) is 0.696. The van der Waals surface area contributed by atoms with Gasteiger partial charge in [0.15, 0.2) is 11.6 Å². The van der Waals surface area contributed by atoms with Crippen molar-refractivity contribution in [3.8, 4) is 17.1 Å². The van der Waals surface area contributed by atoms with Crippen LogP contribution in [0.1, 0.15) is 30.9 Å². The average molecular weight is 401 g/mol.